The summed E-state index contributed by atoms with van der Waals surface area (Å²) < 4.78 is 2.23. The fourth-order valence-corrected chi connectivity index (χ4v) is 5.73. The van der Waals surface area contributed by atoms with Crippen LogP contribution in [0.25, 0.3) is 5.13 Å². The molecule has 2 saturated heterocycles. The van der Waals surface area contributed by atoms with E-state index >= 15 is 0 Å². The molecule has 0 N–H and O–H groups in total. The summed E-state index contributed by atoms with van der Waals surface area (Å²) >= 11 is 1.71. The molecule has 0 bridgehead atoms. The minimum absolute atomic E-state index is 0.955. The van der Waals surface area contributed by atoms with Crippen LogP contribution < -0.4 is 4.90 Å². The van der Waals surface area contributed by atoms with Gasteiger partial charge in [0, 0.05) is 77.3 Å². The number of nitrogens with zero attached hydrogens (tertiary/aromatic N) is 7. The first-order chi connectivity index (χ1) is 16.3. The summed E-state index contributed by atoms with van der Waals surface area (Å²) in [6, 6.07) is 15.1. The van der Waals surface area contributed by atoms with Gasteiger partial charge < -0.3 is 4.90 Å². The molecule has 1 aromatic carbocycles. The van der Waals surface area contributed by atoms with Gasteiger partial charge in [-0.3, -0.25) is 19.3 Å². The van der Waals surface area contributed by atoms with Gasteiger partial charge in [-0.05, 0) is 30.7 Å². The molecular weight excluding hydrogens is 430 g/mol. The topological polar surface area (TPSA) is 43.7 Å². The van der Waals surface area contributed by atoms with Crippen molar-refractivity contribution < 1.29 is 0 Å². The third kappa shape index (κ3) is 5.63. The number of piperazine rings is 2. The van der Waals surface area contributed by atoms with E-state index in [1.54, 1.807) is 11.3 Å². The average Bonchev–Trinajstić information content (AvgIpc) is 3.51. The molecule has 8 heteroatoms. The standard InChI is InChI=1S/C25H35N7S/c1-2-10-28-16-18-31(19-17-28)24-26-27-25(33-24)32-11-6-9-23(32)21-30-14-12-29(13-15-30)20-22-7-4-3-5-8-22/h3-9,11H,2,10,12-21H2,1H3. The third-order valence-corrected chi connectivity index (χ3v) is 7.71. The van der Waals surface area contributed by atoms with Gasteiger partial charge in [-0.25, -0.2) is 0 Å². The maximum absolute atomic E-state index is 4.55. The zero-order valence-electron chi connectivity index (χ0n) is 19.6. The predicted octanol–water partition coefficient (Wildman–Crippen LogP) is 3.18. The molecule has 0 radical (unpaired) electrons. The molecule has 5 rings (SSSR count). The highest BCUT2D eigenvalue weighted by atomic mass is 32.1. The predicted molar refractivity (Wildman–Crippen MR) is 135 cm³/mol. The highest BCUT2D eigenvalue weighted by molar-refractivity contribution is 7.17. The van der Waals surface area contributed by atoms with Crippen LogP contribution in [0.5, 0.6) is 0 Å². The van der Waals surface area contributed by atoms with Crippen molar-refractivity contribution in [1.82, 2.24) is 29.5 Å². The smallest absolute Gasteiger partial charge is 0.218 e. The van der Waals surface area contributed by atoms with E-state index in [4.69, 9.17) is 0 Å². The van der Waals surface area contributed by atoms with Crippen LogP contribution in [0.4, 0.5) is 5.13 Å². The van der Waals surface area contributed by atoms with Gasteiger partial charge in [-0.15, -0.1) is 10.2 Å². The zero-order chi connectivity index (χ0) is 22.5. The SMILES string of the molecule is CCCN1CCN(c2nnc(-n3cccc3CN3CCN(Cc4ccccc4)CC3)s2)CC1. The minimum Gasteiger partial charge on any atom is -0.344 e. The number of benzene rings is 1. The minimum atomic E-state index is 0.955. The molecule has 4 heterocycles. The highest BCUT2D eigenvalue weighted by Gasteiger charge is 2.22. The molecule has 0 spiro atoms. The first kappa shape index (κ1) is 22.5. The average molecular weight is 466 g/mol. The summed E-state index contributed by atoms with van der Waals surface area (Å²) in [5, 5.41) is 11.1. The van der Waals surface area contributed by atoms with Crippen LogP contribution in [0.2, 0.25) is 0 Å². The van der Waals surface area contributed by atoms with Crippen LogP contribution >= 0.6 is 11.3 Å². The lowest BCUT2D eigenvalue weighted by atomic mass is 10.2. The van der Waals surface area contributed by atoms with Crippen molar-refractivity contribution in [3.05, 3.63) is 59.9 Å². The lowest BCUT2D eigenvalue weighted by Gasteiger charge is -2.34. The van der Waals surface area contributed by atoms with E-state index in [-0.39, 0.29) is 0 Å². The molecule has 0 unspecified atom stereocenters. The molecule has 2 aromatic heterocycles. The van der Waals surface area contributed by atoms with Gasteiger partial charge in [0.05, 0.1) is 0 Å². The second-order valence-corrected chi connectivity index (χ2v) is 10.0. The Bertz CT molecular complexity index is 985. The van der Waals surface area contributed by atoms with E-state index in [1.165, 1.54) is 24.2 Å². The maximum Gasteiger partial charge on any atom is 0.218 e. The molecule has 0 amide bonds. The van der Waals surface area contributed by atoms with Gasteiger partial charge in [-0.2, -0.15) is 0 Å². The second kappa shape index (κ2) is 10.8. The molecule has 0 atom stereocenters. The van der Waals surface area contributed by atoms with E-state index in [1.807, 2.05) is 0 Å². The van der Waals surface area contributed by atoms with E-state index < -0.39 is 0 Å². The number of hydrogen-bond acceptors (Lipinski definition) is 7. The number of hydrogen-bond donors (Lipinski definition) is 0. The molecule has 2 aliphatic heterocycles. The molecule has 0 aliphatic carbocycles. The van der Waals surface area contributed by atoms with Gasteiger partial charge in [0.1, 0.15) is 0 Å². The summed E-state index contributed by atoms with van der Waals surface area (Å²) in [6.45, 7) is 14.2. The van der Waals surface area contributed by atoms with Crippen LogP contribution in [0, 0.1) is 0 Å². The van der Waals surface area contributed by atoms with Crippen molar-refractivity contribution in [2.75, 3.05) is 63.8 Å². The first-order valence-corrected chi connectivity index (χ1v) is 13.1. The molecular formula is C25H35N7S. The fraction of sp³-hybridized carbons (Fsp3) is 0.520. The Morgan fingerprint density at radius 1 is 0.727 bits per heavy atom. The van der Waals surface area contributed by atoms with E-state index in [9.17, 15) is 0 Å². The fourth-order valence-electron chi connectivity index (χ4n) is 4.82. The van der Waals surface area contributed by atoms with Gasteiger partial charge in [0.15, 0.2) is 0 Å². The van der Waals surface area contributed by atoms with Crippen LogP contribution in [0.1, 0.15) is 24.6 Å². The lowest BCUT2D eigenvalue weighted by Crippen LogP contribution is -2.46. The Morgan fingerprint density at radius 2 is 1.39 bits per heavy atom. The van der Waals surface area contributed by atoms with Gasteiger partial charge in [0.2, 0.25) is 10.3 Å². The van der Waals surface area contributed by atoms with Crippen LogP contribution in [0.15, 0.2) is 48.7 Å². The molecule has 2 aliphatic rings. The molecule has 3 aromatic rings. The molecule has 7 nitrogen and oxygen atoms in total. The highest BCUT2D eigenvalue weighted by Crippen LogP contribution is 2.26. The Balaban J connectivity index is 1.15. The summed E-state index contributed by atoms with van der Waals surface area (Å²) in [5.74, 6) is 0. The van der Waals surface area contributed by atoms with Crippen molar-refractivity contribution in [3.8, 4) is 5.13 Å². The van der Waals surface area contributed by atoms with Crippen molar-refractivity contribution in [1.29, 1.82) is 0 Å². The normalized spacial score (nSPS) is 18.8. The molecule has 2 fully saturated rings. The summed E-state index contributed by atoms with van der Waals surface area (Å²) in [4.78, 5) is 10.1. The van der Waals surface area contributed by atoms with Crippen molar-refractivity contribution >= 4 is 16.5 Å². The van der Waals surface area contributed by atoms with E-state index in [0.717, 1.165) is 75.7 Å². The number of anilines is 1. The Kier molecular flexibility index (Phi) is 7.36. The van der Waals surface area contributed by atoms with Crippen molar-refractivity contribution in [2.45, 2.75) is 26.4 Å². The Hall–Kier alpha value is -2.26. The Morgan fingerprint density at radius 3 is 2.12 bits per heavy atom. The monoisotopic (exact) mass is 465 g/mol. The quantitative estimate of drug-likeness (QED) is 0.509. The summed E-state index contributed by atoms with van der Waals surface area (Å²) in [7, 11) is 0. The zero-order valence-corrected chi connectivity index (χ0v) is 20.5. The summed E-state index contributed by atoms with van der Waals surface area (Å²) in [6.07, 6.45) is 3.35. The number of aromatic nitrogens is 3. The van der Waals surface area contributed by atoms with Crippen LogP contribution in [-0.4, -0.2) is 88.4 Å². The van der Waals surface area contributed by atoms with Crippen molar-refractivity contribution in [3.63, 3.8) is 0 Å². The van der Waals surface area contributed by atoms with Crippen molar-refractivity contribution in [2.24, 2.45) is 0 Å². The number of rotatable bonds is 8. The van der Waals surface area contributed by atoms with E-state index in [0.29, 0.717) is 0 Å². The largest absolute Gasteiger partial charge is 0.344 e. The lowest BCUT2D eigenvalue weighted by molar-refractivity contribution is 0.120. The van der Waals surface area contributed by atoms with Gasteiger partial charge in [-0.1, -0.05) is 48.6 Å². The molecule has 176 valence electrons. The van der Waals surface area contributed by atoms with Crippen LogP contribution in [-0.2, 0) is 13.1 Å². The molecule has 0 saturated carbocycles. The molecule has 33 heavy (non-hydrogen) atoms. The second-order valence-electron chi connectivity index (χ2n) is 9.10. The Labute approximate surface area is 201 Å². The maximum atomic E-state index is 4.55. The van der Waals surface area contributed by atoms with E-state index in [2.05, 4.69) is 89.9 Å². The first-order valence-electron chi connectivity index (χ1n) is 12.2. The third-order valence-electron chi connectivity index (χ3n) is 6.73. The van der Waals surface area contributed by atoms with Crippen LogP contribution in [0.3, 0.4) is 0 Å². The summed E-state index contributed by atoms with van der Waals surface area (Å²) in [5.41, 5.74) is 2.70. The van der Waals surface area contributed by atoms with Gasteiger partial charge >= 0.3 is 0 Å². The van der Waals surface area contributed by atoms with Gasteiger partial charge in [0.25, 0.3) is 0 Å².